The first-order chi connectivity index (χ1) is 14.1. The fourth-order valence-electron chi connectivity index (χ4n) is 3.05. The number of aryl methyl sites for hydroxylation is 1. The summed E-state index contributed by atoms with van der Waals surface area (Å²) >= 11 is 0. The number of imidazole rings is 1. The number of benzene rings is 2. The van der Waals surface area contributed by atoms with Crippen molar-refractivity contribution in [1.29, 1.82) is 0 Å². The molecule has 0 aliphatic rings. The van der Waals surface area contributed by atoms with Gasteiger partial charge in [-0.2, -0.15) is 0 Å². The zero-order valence-corrected chi connectivity index (χ0v) is 15.9. The smallest absolute Gasteiger partial charge is 0.287 e. The molecule has 0 spiro atoms. The summed E-state index contributed by atoms with van der Waals surface area (Å²) in [5, 5.41) is 5.70. The zero-order chi connectivity index (χ0) is 20.2. The van der Waals surface area contributed by atoms with Crippen LogP contribution in [0, 0.1) is 6.92 Å². The van der Waals surface area contributed by atoms with Gasteiger partial charge in [-0.3, -0.25) is 14.0 Å². The van der Waals surface area contributed by atoms with Crippen LogP contribution in [-0.4, -0.2) is 21.2 Å². The van der Waals surface area contributed by atoms with E-state index in [9.17, 15) is 9.59 Å². The van der Waals surface area contributed by atoms with E-state index in [-0.39, 0.29) is 23.3 Å². The molecule has 6 nitrogen and oxygen atoms in total. The maximum Gasteiger partial charge on any atom is 0.287 e. The lowest BCUT2D eigenvalue weighted by molar-refractivity contribution is 0.0940. The molecule has 0 aliphatic heterocycles. The number of carbonyl (C=O) groups is 2. The fourth-order valence-corrected chi connectivity index (χ4v) is 3.05. The SMILES string of the molecule is Cc1ccc(NC(=O)c2nc(C(=O)NCc3ccccc3)n3ccccc23)cc1. The van der Waals surface area contributed by atoms with Gasteiger partial charge in [0, 0.05) is 18.4 Å². The van der Waals surface area contributed by atoms with Crippen LogP contribution in [0.5, 0.6) is 0 Å². The Hall–Kier alpha value is -3.93. The van der Waals surface area contributed by atoms with Crippen molar-refractivity contribution < 1.29 is 9.59 Å². The number of amides is 2. The predicted molar refractivity (Wildman–Crippen MR) is 112 cm³/mol. The summed E-state index contributed by atoms with van der Waals surface area (Å²) in [6.07, 6.45) is 1.72. The van der Waals surface area contributed by atoms with Crippen LogP contribution >= 0.6 is 0 Å². The van der Waals surface area contributed by atoms with E-state index in [1.807, 2.05) is 67.6 Å². The van der Waals surface area contributed by atoms with Crippen molar-refractivity contribution in [3.8, 4) is 0 Å². The van der Waals surface area contributed by atoms with E-state index in [1.165, 1.54) is 0 Å². The van der Waals surface area contributed by atoms with Crippen molar-refractivity contribution in [3.05, 3.63) is 102 Å². The Kier molecular flexibility index (Phi) is 5.07. The normalized spacial score (nSPS) is 10.7. The van der Waals surface area contributed by atoms with Crippen LogP contribution in [0.25, 0.3) is 5.52 Å². The van der Waals surface area contributed by atoms with Crippen molar-refractivity contribution in [2.45, 2.75) is 13.5 Å². The number of hydrogen-bond acceptors (Lipinski definition) is 3. The van der Waals surface area contributed by atoms with Gasteiger partial charge in [0.2, 0.25) is 5.82 Å². The topological polar surface area (TPSA) is 75.5 Å². The Bertz CT molecular complexity index is 1160. The van der Waals surface area contributed by atoms with E-state index < -0.39 is 0 Å². The van der Waals surface area contributed by atoms with Gasteiger partial charge in [0.15, 0.2) is 5.69 Å². The summed E-state index contributed by atoms with van der Waals surface area (Å²) in [6.45, 7) is 2.36. The van der Waals surface area contributed by atoms with E-state index in [1.54, 1.807) is 22.7 Å². The lowest BCUT2D eigenvalue weighted by Crippen LogP contribution is -2.25. The number of aromatic nitrogens is 2. The summed E-state index contributed by atoms with van der Waals surface area (Å²) in [7, 11) is 0. The van der Waals surface area contributed by atoms with Crippen LogP contribution in [0.15, 0.2) is 79.0 Å². The molecule has 0 bridgehead atoms. The van der Waals surface area contributed by atoms with Crippen molar-refractivity contribution >= 4 is 23.0 Å². The second kappa shape index (κ2) is 7.98. The second-order valence-electron chi connectivity index (χ2n) is 6.73. The minimum Gasteiger partial charge on any atom is -0.345 e. The minimum absolute atomic E-state index is 0.172. The van der Waals surface area contributed by atoms with E-state index in [0.717, 1.165) is 11.1 Å². The number of rotatable bonds is 5. The molecule has 0 saturated heterocycles. The molecule has 4 rings (SSSR count). The molecule has 6 heteroatoms. The average Bonchev–Trinajstić information content (AvgIpc) is 3.14. The molecule has 0 saturated carbocycles. The molecule has 0 radical (unpaired) electrons. The van der Waals surface area contributed by atoms with Gasteiger partial charge in [-0.15, -0.1) is 0 Å². The molecule has 2 aromatic heterocycles. The molecule has 4 aromatic rings. The zero-order valence-electron chi connectivity index (χ0n) is 15.9. The highest BCUT2D eigenvalue weighted by atomic mass is 16.2. The quantitative estimate of drug-likeness (QED) is 0.549. The number of carbonyl (C=O) groups excluding carboxylic acids is 2. The lowest BCUT2D eigenvalue weighted by atomic mass is 10.2. The third kappa shape index (κ3) is 4.01. The van der Waals surface area contributed by atoms with Crippen LogP contribution in [0.2, 0.25) is 0 Å². The van der Waals surface area contributed by atoms with Gasteiger partial charge in [0.25, 0.3) is 11.8 Å². The first-order valence-corrected chi connectivity index (χ1v) is 9.29. The van der Waals surface area contributed by atoms with Gasteiger partial charge in [-0.1, -0.05) is 54.1 Å². The van der Waals surface area contributed by atoms with E-state index in [2.05, 4.69) is 15.6 Å². The molecule has 2 heterocycles. The number of nitrogens with zero attached hydrogens (tertiary/aromatic N) is 2. The molecule has 2 amide bonds. The minimum atomic E-state index is -0.361. The third-order valence-electron chi connectivity index (χ3n) is 4.57. The highest BCUT2D eigenvalue weighted by Gasteiger charge is 2.21. The highest BCUT2D eigenvalue weighted by molar-refractivity contribution is 6.08. The molecular weight excluding hydrogens is 364 g/mol. The Labute approximate surface area is 168 Å². The molecule has 144 valence electrons. The van der Waals surface area contributed by atoms with Gasteiger partial charge in [-0.25, -0.2) is 4.98 Å². The first kappa shape index (κ1) is 18.4. The molecule has 0 atom stereocenters. The van der Waals surface area contributed by atoms with E-state index in [0.29, 0.717) is 17.7 Å². The lowest BCUT2D eigenvalue weighted by Gasteiger charge is -2.04. The first-order valence-electron chi connectivity index (χ1n) is 9.29. The molecule has 0 unspecified atom stereocenters. The molecule has 0 fully saturated rings. The number of hydrogen-bond donors (Lipinski definition) is 2. The van der Waals surface area contributed by atoms with Crippen LogP contribution in [0.1, 0.15) is 32.2 Å². The van der Waals surface area contributed by atoms with E-state index in [4.69, 9.17) is 0 Å². The Balaban J connectivity index is 1.60. The highest BCUT2D eigenvalue weighted by Crippen LogP contribution is 2.16. The molecule has 2 N–H and O–H groups in total. The monoisotopic (exact) mass is 384 g/mol. The molecule has 0 aliphatic carbocycles. The second-order valence-corrected chi connectivity index (χ2v) is 6.73. The largest absolute Gasteiger partial charge is 0.345 e. The van der Waals surface area contributed by atoms with Crippen LogP contribution < -0.4 is 10.6 Å². The summed E-state index contributed by atoms with van der Waals surface area (Å²) in [5.74, 6) is -0.533. The maximum absolute atomic E-state index is 12.8. The fraction of sp³-hybridized carbons (Fsp3) is 0.0870. The van der Waals surface area contributed by atoms with Crippen molar-refractivity contribution in [1.82, 2.24) is 14.7 Å². The maximum atomic E-state index is 12.8. The molecule has 29 heavy (non-hydrogen) atoms. The summed E-state index contributed by atoms with van der Waals surface area (Å²) in [6, 6.07) is 22.5. The predicted octanol–water partition coefficient (Wildman–Crippen LogP) is 3.83. The standard InChI is InChI=1S/C23H20N4O2/c1-16-10-12-18(13-11-16)25-22(28)20-19-9-5-6-14-27(19)21(26-20)23(29)24-15-17-7-3-2-4-8-17/h2-14H,15H2,1H3,(H,24,29)(H,25,28). The number of nitrogens with one attached hydrogen (secondary N) is 2. The number of anilines is 1. The Morgan fingerprint density at radius 1 is 0.897 bits per heavy atom. The average molecular weight is 384 g/mol. The van der Waals surface area contributed by atoms with Crippen LogP contribution in [-0.2, 0) is 6.54 Å². The van der Waals surface area contributed by atoms with Gasteiger partial charge < -0.3 is 10.6 Å². The summed E-state index contributed by atoms with van der Waals surface area (Å²) in [4.78, 5) is 29.9. The van der Waals surface area contributed by atoms with Crippen LogP contribution in [0.3, 0.4) is 0 Å². The summed E-state index contributed by atoms with van der Waals surface area (Å²) in [5.41, 5.74) is 3.54. The summed E-state index contributed by atoms with van der Waals surface area (Å²) < 4.78 is 1.63. The Morgan fingerprint density at radius 2 is 1.62 bits per heavy atom. The van der Waals surface area contributed by atoms with Gasteiger partial charge >= 0.3 is 0 Å². The number of fused-ring (bicyclic) bond motifs is 1. The third-order valence-corrected chi connectivity index (χ3v) is 4.57. The molecule has 2 aromatic carbocycles. The van der Waals surface area contributed by atoms with Gasteiger partial charge in [-0.05, 0) is 36.8 Å². The Morgan fingerprint density at radius 3 is 2.38 bits per heavy atom. The number of pyridine rings is 1. The van der Waals surface area contributed by atoms with Gasteiger partial charge in [0.1, 0.15) is 0 Å². The van der Waals surface area contributed by atoms with Crippen molar-refractivity contribution in [3.63, 3.8) is 0 Å². The van der Waals surface area contributed by atoms with Crippen LogP contribution in [0.4, 0.5) is 5.69 Å². The molecular formula is C23H20N4O2. The van der Waals surface area contributed by atoms with E-state index >= 15 is 0 Å². The van der Waals surface area contributed by atoms with Crippen molar-refractivity contribution in [2.24, 2.45) is 0 Å². The van der Waals surface area contributed by atoms with Crippen molar-refractivity contribution in [2.75, 3.05) is 5.32 Å². The van der Waals surface area contributed by atoms with Gasteiger partial charge in [0.05, 0.1) is 5.52 Å².